The Hall–Kier alpha value is -2.46. The van der Waals surface area contributed by atoms with Crippen LogP contribution in [0.2, 0.25) is 0 Å². The third-order valence-electron chi connectivity index (χ3n) is 2.63. The number of hydrogen-bond donors (Lipinski definition) is 0. The molecule has 0 aliphatic carbocycles. The van der Waals surface area contributed by atoms with E-state index in [0.29, 0.717) is 12.2 Å². The molecule has 0 aliphatic rings. The minimum absolute atomic E-state index is 0.0979. The number of amides is 1. The quantitative estimate of drug-likeness (QED) is 0.264. The van der Waals surface area contributed by atoms with Crippen LogP contribution >= 0.6 is 0 Å². The van der Waals surface area contributed by atoms with Crippen molar-refractivity contribution in [2.75, 3.05) is 18.1 Å². The highest BCUT2D eigenvalue weighted by molar-refractivity contribution is 6.64. The van der Waals surface area contributed by atoms with Crippen molar-refractivity contribution in [3.05, 3.63) is 35.9 Å². The number of para-hydroxylation sites is 1. The van der Waals surface area contributed by atoms with Gasteiger partial charge in [-0.15, -0.1) is 0 Å². The zero-order chi connectivity index (χ0) is 15.8. The van der Waals surface area contributed by atoms with E-state index in [9.17, 15) is 9.59 Å². The van der Waals surface area contributed by atoms with Crippen molar-refractivity contribution in [1.82, 2.24) is 0 Å². The molecule has 0 heterocycles. The molecule has 1 aromatic rings. The molecule has 0 spiro atoms. The highest BCUT2D eigenvalue weighted by Crippen LogP contribution is 2.16. The molecular formula is C15H19N3O3. The number of ether oxygens (including phenoxy) is 1. The topological polar surface area (TPSA) is 83.0 Å². The summed E-state index contributed by atoms with van der Waals surface area (Å²) in [5, 5.41) is 0. The average molecular weight is 289 g/mol. The van der Waals surface area contributed by atoms with Crippen molar-refractivity contribution in [3.63, 3.8) is 0 Å². The van der Waals surface area contributed by atoms with E-state index in [1.54, 1.807) is 31.2 Å². The number of esters is 1. The molecule has 0 radical (unpaired) electrons. The Bertz CT molecular complexity index is 549. The maximum Gasteiger partial charge on any atom is 0.463 e. The molecule has 112 valence electrons. The first-order valence-electron chi connectivity index (χ1n) is 6.77. The predicted molar refractivity (Wildman–Crippen MR) is 78.9 cm³/mol. The van der Waals surface area contributed by atoms with Gasteiger partial charge in [-0.3, -0.25) is 4.79 Å². The highest BCUT2D eigenvalue weighted by Gasteiger charge is 2.36. The van der Waals surface area contributed by atoms with Gasteiger partial charge in [0, 0.05) is 12.2 Å². The van der Waals surface area contributed by atoms with Gasteiger partial charge in [0.25, 0.3) is 0 Å². The number of anilines is 1. The molecule has 1 aromatic carbocycles. The molecule has 0 fully saturated rings. The summed E-state index contributed by atoms with van der Waals surface area (Å²) in [7, 11) is 0. The van der Waals surface area contributed by atoms with Crippen LogP contribution in [0.15, 0.2) is 30.3 Å². The van der Waals surface area contributed by atoms with Crippen LogP contribution < -0.4 is 4.90 Å². The van der Waals surface area contributed by atoms with Gasteiger partial charge in [-0.05, 0) is 25.0 Å². The van der Waals surface area contributed by atoms with E-state index in [1.807, 2.05) is 19.9 Å². The summed E-state index contributed by atoms with van der Waals surface area (Å²) in [4.78, 5) is 28.3. The van der Waals surface area contributed by atoms with Gasteiger partial charge in [-0.2, -0.15) is 4.79 Å². The normalized spacial score (nSPS) is 9.90. The van der Waals surface area contributed by atoms with Crippen LogP contribution in [0.4, 0.5) is 5.69 Å². The van der Waals surface area contributed by atoms with E-state index in [4.69, 9.17) is 10.3 Å². The number of hydrogen-bond acceptors (Lipinski definition) is 3. The lowest BCUT2D eigenvalue weighted by Gasteiger charge is -2.22. The summed E-state index contributed by atoms with van der Waals surface area (Å²) in [6.07, 6.45) is 0. The van der Waals surface area contributed by atoms with E-state index >= 15 is 0 Å². The van der Waals surface area contributed by atoms with Crippen molar-refractivity contribution in [3.8, 4) is 0 Å². The van der Waals surface area contributed by atoms with E-state index in [0.717, 1.165) is 0 Å². The Labute approximate surface area is 123 Å². The summed E-state index contributed by atoms with van der Waals surface area (Å²) in [6.45, 7) is 6.00. The fourth-order valence-corrected chi connectivity index (χ4v) is 1.78. The minimum Gasteiger partial charge on any atom is -0.457 e. The van der Waals surface area contributed by atoms with Gasteiger partial charge in [0.15, 0.2) is 0 Å². The maximum absolute atomic E-state index is 12.5. The summed E-state index contributed by atoms with van der Waals surface area (Å²) in [5.41, 5.74) is 8.97. The number of rotatable bonds is 6. The summed E-state index contributed by atoms with van der Waals surface area (Å²) >= 11 is 0. The molecule has 0 aliphatic heterocycles. The number of benzene rings is 1. The van der Waals surface area contributed by atoms with Gasteiger partial charge >= 0.3 is 17.6 Å². The van der Waals surface area contributed by atoms with Crippen molar-refractivity contribution in [1.29, 1.82) is 0 Å². The van der Waals surface area contributed by atoms with Crippen LogP contribution in [-0.2, 0) is 14.3 Å². The second kappa shape index (κ2) is 7.97. The molecule has 1 amide bonds. The lowest BCUT2D eigenvalue weighted by atomic mass is 10.1. The van der Waals surface area contributed by atoms with Crippen molar-refractivity contribution >= 4 is 23.3 Å². The summed E-state index contributed by atoms with van der Waals surface area (Å²) in [6, 6.07) is 8.90. The van der Waals surface area contributed by atoms with Crippen LogP contribution in [-0.4, -0.2) is 35.5 Å². The summed E-state index contributed by atoms with van der Waals surface area (Å²) < 4.78 is 4.73. The summed E-state index contributed by atoms with van der Waals surface area (Å²) in [5.74, 6) is -1.44. The molecule has 0 saturated carbocycles. The van der Waals surface area contributed by atoms with Gasteiger partial charge in [0.05, 0.1) is 6.61 Å². The zero-order valence-corrected chi connectivity index (χ0v) is 12.4. The SMILES string of the molecule is CCOC(=O)C(=[N+]=[N-])C(=O)N(CC(C)C)c1ccccc1. The van der Waals surface area contributed by atoms with Crippen LogP contribution in [0.25, 0.3) is 5.53 Å². The van der Waals surface area contributed by atoms with Crippen LogP contribution in [0.5, 0.6) is 0 Å². The molecule has 6 heteroatoms. The largest absolute Gasteiger partial charge is 0.463 e. The lowest BCUT2D eigenvalue weighted by molar-refractivity contribution is -0.141. The molecule has 1 rings (SSSR count). The Kier molecular flexibility index (Phi) is 6.30. The molecule has 6 nitrogen and oxygen atoms in total. The van der Waals surface area contributed by atoms with Crippen LogP contribution in [0.1, 0.15) is 20.8 Å². The van der Waals surface area contributed by atoms with Gasteiger partial charge in [0.2, 0.25) is 0 Å². The fourth-order valence-electron chi connectivity index (χ4n) is 1.78. The molecule has 0 saturated heterocycles. The Morgan fingerprint density at radius 1 is 1.29 bits per heavy atom. The highest BCUT2D eigenvalue weighted by atomic mass is 16.5. The third kappa shape index (κ3) is 4.54. The second-order valence-corrected chi connectivity index (χ2v) is 4.81. The zero-order valence-electron chi connectivity index (χ0n) is 12.4. The molecule has 0 bridgehead atoms. The molecule has 21 heavy (non-hydrogen) atoms. The van der Waals surface area contributed by atoms with Crippen molar-refractivity contribution in [2.24, 2.45) is 5.92 Å². The first-order chi connectivity index (χ1) is 10.0. The number of carbonyl (C=O) groups excluding carboxylic acids is 2. The molecule has 0 aromatic heterocycles. The first-order valence-corrected chi connectivity index (χ1v) is 6.77. The van der Waals surface area contributed by atoms with Crippen LogP contribution in [0, 0.1) is 5.92 Å². The molecule has 0 unspecified atom stereocenters. The third-order valence-corrected chi connectivity index (χ3v) is 2.63. The lowest BCUT2D eigenvalue weighted by Crippen LogP contribution is -2.43. The Morgan fingerprint density at radius 3 is 2.38 bits per heavy atom. The number of nitrogens with zero attached hydrogens (tertiary/aromatic N) is 3. The smallest absolute Gasteiger partial charge is 0.457 e. The first kappa shape index (κ1) is 16.6. The average Bonchev–Trinajstić information content (AvgIpc) is 2.46. The van der Waals surface area contributed by atoms with E-state index in [2.05, 4.69) is 4.79 Å². The molecule has 0 atom stereocenters. The van der Waals surface area contributed by atoms with Gasteiger partial charge < -0.3 is 15.2 Å². The van der Waals surface area contributed by atoms with Gasteiger partial charge in [-0.1, -0.05) is 32.0 Å². The minimum atomic E-state index is -0.935. The predicted octanol–water partition coefficient (Wildman–Crippen LogP) is 1.91. The van der Waals surface area contributed by atoms with E-state index < -0.39 is 17.6 Å². The Balaban J connectivity index is 3.11. The van der Waals surface area contributed by atoms with Gasteiger partial charge in [0.1, 0.15) is 0 Å². The monoisotopic (exact) mass is 289 g/mol. The fraction of sp³-hybridized carbons (Fsp3) is 0.400. The van der Waals surface area contributed by atoms with E-state index in [-0.39, 0.29) is 12.5 Å². The standard InChI is InChI=1S/C15H19N3O3/c1-4-21-15(20)13(17-16)14(19)18(10-11(2)3)12-8-6-5-7-9-12/h5-9,11H,4,10H2,1-3H3. The molecule has 0 N–H and O–H groups in total. The Morgan fingerprint density at radius 2 is 1.90 bits per heavy atom. The molecular weight excluding hydrogens is 270 g/mol. The van der Waals surface area contributed by atoms with Crippen LogP contribution in [0.3, 0.4) is 0 Å². The van der Waals surface area contributed by atoms with Crippen molar-refractivity contribution in [2.45, 2.75) is 20.8 Å². The van der Waals surface area contributed by atoms with Crippen molar-refractivity contribution < 1.29 is 19.1 Å². The second-order valence-electron chi connectivity index (χ2n) is 4.81. The van der Waals surface area contributed by atoms with Gasteiger partial charge in [-0.25, -0.2) is 4.79 Å². The number of carbonyl (C=O) groups is 2. The van der Waals surface area contributed by atoms with E-state index in [1.165, 1.54) is 4.90 Å². The maximum atomic E-state index is 12.5.